The van der Waals surface area contributed by atoms with E-state index in [0.717, 1.165) is 57.9 Å². The standard InChI is InChI=1S/C23H33N5OS/c1-2-25-23(26-11-10-21-9-5-13-30-21)27-15-18-6-3-7-19(14-18)16-28-12-4-8-20(17-28)22(24)29/h3,5-7,9,13-14,20H,2,4,8,10-12,15-17H2,1H3,(H2,24,29)(H2,25,26,27). The molecule has 0 radical (unpaired) electrons. The average molecular weight is 428 g/mol. The fourth-order valence-corrected chi connectivity index (χ4v) is 4.50. The van der Waals surface area contributed by atoms with Crippen LogP contribution in [0.25, 0.3) is 0 Å². The number of carbonyl (C=O) groups is 1. The molecule has 1 aromatic heterocycles. The van der Waals surface area contributed by atoms with Crippen LogP contribution in [-0.2, 0) is 24.3 Å². The van der Waals surface area contributed by atoms with Crippen LogP contribution in [0.3, 0.4) is 0 Å². The maximum absolute atomic E-state index is 11.5. The first-order chi connectivity index (χ1) is 14.6. The second kappa shape index (κ2) is 11.7. The van der Waals surface area contributed by atoms with Gasteiger partial charge in [0.15, 0.2) is 5.96 Å². The summed E-state index contributed by atoms with van der Waals surface area (Å²) >= 11 is 1.79. The molecule has 1 aliphatic rings. The highest BCUT2D eigenvalue weighted by atomic mass is 32.1. The van der Waals surface area contributed by atoms with Gasteiger partial charge in [0.1, 0.15) is 0 Å². The largest absolute Gasteiger partial charge is 0.369 e. The van der Waals surface area contributed by atoms with Crippen molar-refractivity contribution >= 4 is 23.2 Å². The molecule has 3 rings (SSSR count). The van der Waals surface area contributed by atoms with Gasteiger partial charge in [-0.2, -0.15) is 0 Å². The predicted molar refractivity (Wildman–Crippen MR) is 124 cm³/mol. The molecule has 1 unspecified atom stereocenters. The lowest BCUT2D eigenvalue weighted by molar-refractivity contribution is -0.123. The SMILES string of the molecule is CCNC(=NCc1cccc(CN2CCCC(C(N)=O)C2)c1)NCCc1cccs1. The highest BCUT2D eigenvalue weighted by Crippen LogP contribution is 2.19. The van der Waals surface area contributed by atoms with Crippen LogP contribution in [-0.4, -0.2) is 42.9 Å². The number of guanidine groups is 1. The molecule has 4 N–H and O–H groups in total. The highest BCUT2D eigenvalue weighted by Gasteiger charge is 2.23. The van der Waals surface area contributed by atoms with E-state index in [1.165, 1.54) is 16.0 Å². The molecule has 0 saturated carbocycles. The number of piperidine rings is 1. The van der Waals surface area contributed by atoms with Crippen molar-refractivity contribution in [3.8, 4) is 0 Å². The molecule has 6 nitrogen and oxygen atoms in total. The van der Waals surface area contributed by atoms with Crippen molar-refractivity contribution in [2.45, 2.75) is 39.3 Å². The van der Waals surface area contributed by atoms with Crippen LogP contribution in [0.2, 0.25) is 0 Å². The molecule has 1 fully saturated rings. The molecular formula is C23H33N5OS. The van der Waals surface area contributed by atoms with E-state index in [4.69, 9.17) is 10.7 Å². The van der Waals surface area contributed by atoms with Crippen LogP contribution in [0.15, 0.2) is 46.8 Å². The summed E-state index contributed by atoms with van der Waals surface area (Å²) < 4.78 is 0. The molecule has 162 valence electrons. The molecule has 2 heterocycles. The van der Waals surface area contributed by atoms with E-state index in [1.54, 1.807) is 11.3 Å². The second-order valence-electron chi connectivity index (χ2n) is 7.75. The molecule has 1 atom stereocenters. The Morgan fingerprint density at radius 3 is 2.90 bits per heavy atom. The van der Waals surface area contributed by atoms with Gasteiger partial charge < -0.3 is 16.4 Å². The summed E-state index contributed by atoms with van der Waals surface area (Å²) in [5.74, 6) is 0.652. The van der Waals surface area contributed by atoms with Crippen molar-refractivity contribution in [2.75, 3.05) is 26.2 Å². The maximum atomic E-state index is 11.5. The van der Waals surface area contributed by atoms with Crippen LogP contribution >= 0.6 is 11.3 Å². The molecule has 30 heavy (non-hydrogen) atoms. The average Bonchev–Trinajstić information content (AvgIpc) is 3.26. The summed E-state index contributed by atoms with van der Waals surface area (Å²) in [6.07, 6.45) is 2.94. The third kappa shape index (κ3) is 7.15. The highest BCUT2D eigenvalue weighted by molar-refractivity contribution is 7.09. The number of rotatable bonds is 9. The van der Waals surface area contributed by atoms with E-state index in [-0.39, 0.29) is 11.8 Å². The van der Waals surface area contributed by atoms with Gasteiger partial charge in [-0.1, -0.05) is 30.3 Å². The Bertz CT molecular complexity index is 821. The van der Waals surface area contributed by atoms with Gasteiger partial charge in [-0.15, -0.1) is 11.3 Å². The van der Waals surface area contributed by atoms with Crippen molar-refractivity contribution in [3.05, 3.63) is 57.8 Å². The van der Waals surface area contributed by atoms with Gasteiger partial charge in [-0.05, 0) is 55.3 Å². The lowest BCUT2D eigenvalue weighted by Gasteiger charge is -2.31. The third-order valence-electron chi connectivity index (χ3n) is 5.31. The number of nitrogens with two attached hydrogens (primary N) is 1. The third-order valence-corrected chi connectivity index (χ3v) is 6.25. The summed E-state index contributed by atoms with van der Waals surface area (Å²) in [5, 5.41) is 8.85. The molecule has 2 aromatic rings. The smallest absolute Gasteiger partial charge is 0.221 e. The minimum Gasteiger partial charge on any atom is -0.369 e. The first-order valence-electron chi connectivity index (χ1n) is 10.8. The van der Waals surface area contributed by atoms with Crippen molar-refractivity contribution in [1.29, 1.82) is 0 Å². The Balaban J connectivity index is 1.53. The number of hydrogen-bond acceptors (Lipinski definition) is 4. The molecule has 1 aliphatic heterocycles. The van der Waals surface area contributed by atoms with E-state index in [0.29, 0.717) is 6.54 Å². The van der Waals surface area contributed by atoms with Gasteiger partial charge in [0.05, 0.1) is 12.5 Å². The number of aliphatic imine (C=N–C) groups is 1. The van der Waals surface area contributed by atoms with Crippen LogP contribution in [0.5, 0.6) is 0 Å². The number of amides is 1. The Labute approximate surface area is 183 Å². The number of thiophene rings is 1. The predicted octanol–water partition coefficient (Wildman–Crippen LogP) is 2.74. The van der Waals surface area contributed by atoms with Crippen LogP contribution in [0.4, 0.5) is 0 Å². The summed E-state index contributed by atoms with van der Waals surface area (Å²) in [6, 6.07) is 12.8. The Morgan fingerprint density at radius 1 is 1.27 bits per heavy atom. The molecule has 0 aliphatic carbocycles. The first-order valence-corrected chi connectivity index (χ1v) is 11.7. The zero-order valence-corrected chi connectivity index (χ0v) is 18.6. The molecule has 0 bridgehead atoms. The second-order valence-corrected chi connectivity index (χ2v) is 8.78. The van der Waals surface area contributed by atoms with E-state index in [2.05, 4.69) is 64.2 Å². The molecule has 1 saturated heterocycles. The number of primary amides is 1. The quantitative estimate of drug-likeness (QED) is 0.424. The summed E-state index contributed by atoms with van der Waals surface area (Å²) in [7, 11) is 0. The zero-order valence-electron chi connectivity index (χ0n) is 17.8. The van der Waals surface area contributed by atoms with Crippen molar-refractivity contribution in [2.24, 2.45) is 16.6 Å². The monoisotopic (exact) mass is 427 g/mol. The number of hydrogen-bond donors (Lipinski definition) is 3. The van der Waals surface area contributed by atoms with Gasteiger partial charge >= 0.3 is 0 Å². The van der Waals surface area contributed by atoms with E-state index in [9.17, 15) is 4.79 Å². The Hall–Kier alpha value is -2.38. The summed E-state index contributed by atoms with van der Waals surface area (Å²) in [6.45, 7) is 7.03. The van der Waals surface area contributed by atoms with Gasteiger partial charge in [0.25, 0.3) is 0 Å². The minimum absolute atomic E-state index is 0.0190. The first kappa shape index (κ1) is 22.3. The topological polar surface area (TPSA) is 82.8 Å². The molecular weight excluding hydrogens is 394 g/mol. The van der Waals surface area contributed by atoms with Gasteiger partial charge in [0.2, 0.25) is 5.91 Å². The normalized spacial score (nSPS) is 17.6. The summed E-state index contributed by atoms with van der Waals surface area (Å²) in [4.78, 5) is 20.0. The minimum atomic E-state index is -0.176. The fourth-order valence-electron chi connectivity index (χ4n) is 3.79. The lowest BCUT2D eigenvalue weighted by Crippen LogP contribution is -2.40. The Morgan fingerprint density at radius 2 is 2.13 bits per heavy atom. The maximum Gasteiger partial charge on any atom is 0.221 e. The number of nitrogens with zero attached hydrogens (tertiary/aromatic N) is 2. The van der Waals surface area contributed by atoms with Crippen molar-refractivity contribution in [1.82, 2.24) is 15.5 Å². The molecule has 1 amide bonds. The molecule has 0 spiro atoms. The van der Waals surface area contributed by atoms with Gasteiger partial charge in [0, 0.05) is 31.1 Å². The van der Waals surface area contributed by atoms with E-state index >= 15 is 0 Å². The number of benzene rings is 1. The zero-order chi connectivity index (χ0) is 21.2. The van der Waals surface area contributed by atoms with E-state index < -0.39 is 0 Å². The van der Waals surface area contributed by atoms with Gasteiger partial charge in [-0.3, -0.25) is 9.69 Å². The Kier molecular flexibility index (Phi) is 8.71. The van der Waals surface area contributed by atoms with Gasteiger partial charge in [-0.25, -0.2) is 4.99 Å². The number of likely N-dealkylation sites (tertiary alicyclic amines) is 1. The van der Waals surface area contributed by atoms with Crippen LogP contribution in [0, 0.1) is 5.92 Å². The fraction of sp³-hybridized carbons (Fsp3) is 0.478. The van der Waals surface area contributed by atoms with Crippen LogP contribution < -0.4 is 16.4 Å². The van der Waals surface area contributed by atoms with Crippen LogP contribution in [0.1, 0.15) is 35.8 Å². The summed E-state index contributed by atoms with van der Waals surface area (Å²) in [5.41, 5.74) is 7.95. The number of carbonyl (C=O) groups excluding carboxylic acids is 1. The molecule has 1 aromatic carbocycles. The lowest BCUT2D eigenvalue weighted by atomic mass is 9.97. The van der Waals surface area contributed by atoms with Crippen molar-refractivity contribution < 1.29 is 4.79 Å². The van der Waals surface area contributed by atoms with E-state index in [1.807, 2.05) is 0 Å². The number of nitrogens with one attached hydrogen (secondary N) is 2. The van der Waals surface area contributed by atoms with Crippen molar-refractivity contribution in [3.63, 3.8) is 0 Å². The molecule has 7 heteroatoms.